The van der Waals surface area contributed by atoms with Gasteiger partial charge in [0.15, 0.2) is 0 Å². The van der Waals surface area contributed by atoms with Crippen molar-refractivity contribution in [2.45, 2.75) is 26.4 Å². The third-order valence-electron chi connectivity index (χ3n) is 4.05. The maximum absolute atomic E-state index is 13.5. The Bertz CT molecular complexity index is 386. The van der Waals surface area contributed by atoms with Crippen LogP contribution in [0.5, 0.6) is 0 Å². The van der Waals surface area contributed by atoms with Crippen molar-refractivity contribution >= 4 is 0 Å². The molecule has 1 N–H and O–H groups in total. The van der Waals surface area contributed by atoms with Crippen molar-refractivity contribution in [1.29, 1.82) is 0 Å². The number of aliphatic hydroxyl groups is 1. The van der Waals surface area contributed by atoms with Gasteiger partial charge in [0.2, 0.25) is 0 Å². The van der Waals surface area contributed by atoms with Crippen LogP contribution in [-0.2, 0) is 0 Å². The molecule has 3 atom stereocenters. The van der Waals surface area contributed by atoms with Gasteiger partial charge in [-0.1, -0.05) is 32.0 Å². The summed E-state index contributed by atoms with van der Waals surface area (Å²) in [6.45, 7) is 7.54. The first-order valence-electron chi connectivity index (χ1n) is 6.72. The van der Waals surface area contributed by atoms with Crippen LogP contribution in [0.1, 0.15) is 31.9 Å². The number of rotatable bonds is 4. The molecular formula is C15H22FNO. The van der Waals surface area contributed by atoms with Crippen LogP contribution in [0.4, 0.5) is 4.39 Å². The van der Waals surface area contributed by atoms with E-state index in [-0.39, 0.29) is 5.82 Å². The third kappa shape index (κ3) is 3.09. The minimum atomic E-state index is -0.697. The summed E-state index contributed by atoms with van der Waals surface area (Å²) in [6, 6.07) is 6.48. The monoisotopic (exact) mass is 251 g/mol. The van der Waals surface area contributed by atoms with E-state index in [2.05, 4.69) is 18.7 Å². The molecule has 18 heavy (non-hydrogen) atoms. The molecular weight excluding hydrogens is 229 g/mol. The number of nitrogens with zero attached hydrogens (tertiary/aromatic N) is 1. The number of benzene rings is 1. The van der Waals surface area contributed by atoms with Crippen LogP contribution in [0.15, 0.2) is 24.3 Å². The first-order chi connectivity index (χ1) is 8.58. The summed E-state index contributed by atoms with van der Waals surface area (Å²) in [4.78, 5) is 2.36. The van der Waals surface area contributed by atoms with Gasteiger partial charge in [0.1, 0.15) is 5.82 Å². The highest BCUT2D eigenvalue weighted by atomic mass is 19.1. The Morgan fingerprint density at radius 1 is 1.28 bits per heavy atom. The predicted molar refractivity (Wildman–Crippen MR) is 70.7 cm³/mol. The third-order valence-corrected chi connectivity index (χ3v) is 4.05. The van der Waals surface area contributed by atoms with E-state index in [0.717, 1.165) is 31.5 Å². The molecule has 0 saturated carbocycles. The molecule has 0 aliphatic carbocycles. The zero-order chi connectivity index (χ0) is 13.1. The quantitative estimate of drug-likeness (QED) is 0.889. The van der Waals surface area contributed by atoms with Gasteiger partial charge in [0.05, 0.1) is 6.10 Å². The van der Waals surface area contributed by atoms with Gasteiger partial charge in [0, 0.05) is 25.2 Å². The average Bonchev–Trinajstić information content (AvgIpc) is 2.66. The Labute approximate surface area is 108 Å². The summed E-state index contributed by atoms with van der Waals surface area (Å²) in [5.41, 5.74) is 0.415. The van der Waals surface area contributed by atoms with E-state index in [9.17, 15) is 9.50 Å². The van der Waals surface area contributed by atoms with E-state index in [1.807, 2.05) is 0 Å². The number of halogens is 1. The topological polar surface area (TPSA) is 23.5 Å². The van der Waals surface area contributed by atoms with Crippen molar-refractivity contribution in [3.8, 4) is 0 Å². The predicted octanol–water partition coefficient (Wildman–Crippen LogP) is 2.84. The molecule has 1 heterocycles. The Morgan fingerprint density at radius 2 is 1.89 bits per heavy atom. The van der Waals surface area contributed by atoms with Crippen molar-refractivity contribution in [2.24, 2.45) is 11.8 Å². The standard InChI is InChI=1S/C15H22FNO/c1-11-9-17(10-12(11)2)8-7-15(18)13-5-3-4-6-14(13)16/h3-6,11-12,15,18H,7-10H2,1-2H3. The zero-order valence-electron chi connectivity index (χ0n) is 11.1. The fraction of sp³-hybridized carbons (Fsp3) is 0.600. The van der Waals surface area contributed by atoms with E-state index in [0.29, 0.717) is 12.0 Å². The minimum Gasteiger partial charge on any atom is -0.388 e. The maximum Gasteiger partial charge on any atom is 0.128 e. The minimum absolute atomic E-state index is 0.312. The second-order valence-corrected chi connectivity index (χ2v) is 5.54. The van der Waals surface area contributed by atoms with E-state index < -0.39 is 6.10 Å². The fourth-order valence-corrected chi connectivity index (χ4v) is 2.64. The zero-order valence-corrected chi connectivity index (χ0v) is 11.1. The number of aliphatic hydroxyl groups excluding tert-OH is 1. The van der Waals surface area contributed by atoms with Crippen LogP contribution < -0.4 is 0 Å². The van der Waals surface area contributed by atoms with Gasteiger partial charge >= 0.3 is 0 Å². The highest BCUT2D eigenvalue weighted by Crippen LogP contribution is 2.25. The van der Waals surface area contributed by atoms with Crippen molar-refractivity contribution in [3.63, 3.8) is 0 Å². The van der Waals surface area contributed by atoms with E-state index >= 15 is 0 Å². The van der Waals surface area contributed by atoms with Crippen LogP contribution in [-0.4, -0.2) is 29.6 Å². The van der Waals surface area contributed by atoms with Crippen molar-refractivity contribution in [3.05, 3.63) is 35.6 Å². The molecule has 1 fully saturated rings. The van der Waals surface area contributed by atoms with Gasteiger partial charge in [-0.15, -0.1) is 0 Å². The Kier molecular flexibility index (Phi) is 4.36. The van der Waals surface area contributed by atoms with Gasteiger partial charge in [-0.3, -0.25) is 0 Å². The lowest BCUT2D eigenvalue weighted by Crippen LogP contribution is -2.23. The molecule has 0 radical (unpaired) electrons. The Morgan fingerprint density at radius 3 is 2.50 bits per heavy atom. The van der Waals surface area contributed by atoms with Crippen molar-refractivity contribution in [2.75, 3.05) is 19.6 Å². The van der Waals surface area contributed by atoms with Gasteiger partial charge in [0.25, 0.3) is 0 Å². The van der Waals surface area contributed by atoms with Gasteiger partial charge in [-0.05, 0) is 24.3 Å². The highest BCUT2D eigenvalue weighted by Gasteiger charge is 2.26. The van der Waals surface area contributed by atoms with Crippen LogP contribution >= 0.6 is 0 Å². The first kappa shape index (κ1) is 13.5. The highest BCUT2D eigenvalue weighted by molar-refractivity contribution is 5.19. The average molecular weight is 251 g/mol. The van der Waals surface area contributed by atoms with Crippen LogP contribution in [0.3, 0.4) is 0 Å². The molecule has 1 aromatic rings. The molecule has 2 nitrogen and oxygen atoms in total. The maximum atomic E-state index is 13.5. The lowest BCUT2D eigenvalue weighted by molar-refractivity contribution is 0.143. The second-order valence-electron chi connectivity index (χ2n) is 5.54. The molecule has 1 aliphatic rings. The van der Waals surface area contributed by atoms with Gasteiger partial charge in [-0.25, -0.2) is 4.39 Å². The normalized spacial score (nSPS) is 26.4. The number of hydrogen-bond donors (Lipinski definition) is 1. The summed E-state index contributed by atoms with van der Waals surface area (Å²) >= 11 is 0. The molecule has 3 unspecified atom stereocenters. The molecule has 1 saturated heterocycles. The van der Waals surface area contributed by atoms with Crippen LogP contribution in [0.25, 0.3) is 0 Å². The van der Waals surface area contributed by atoms with E-state index in [1.54, 1.807) is 18.2 Å². The summed E-state index contributed by atoms with van der Waals surface area (Å²) in [5.74, 6) is 1.12. The molecule has 0 aromatic heterocycles. The first-order valence-corrected chi connectivity index (χ1v) is 6.72. The van der Waals surface area contributed by atoms with Crippen molar-refractivity contribution in [1.82, 2.24) is 4.90 Å². The van der Waals surface area contributed by atoms with Gasteiger partial charge < -0.3 is 10.0 Å². The smallest absolute Gasteiger partial charge is 0.128 e. The SMILES string of the molecule is CC1CN(CCC(O)c2ccccc2F)CC1C. The Hall–Kier alpha value is -0.930. The molecule has 0 bridgehead atoms. The van der Waals surface area contributed by atoms with E-state index in [1.165, 1.54) is 6.07 Å². The number of hydrogen-bond acceptors (Lipinski definition) is 2. The van der Waals surface area contributed by atoms with Crippen LogP contribution in [0.2, 0.25) is 0 Å². The molecule has 1 aromatic carbocycles. The Balaban J connectivity index is 1.86. The fourth-order valence-electron chi connectivity index (χ4n) is 2.64. The summed E-state index contributed by atoms with van der Waals surface area (Å²) in [7, 11) is 0. The van der Waals surface area contributed by atoms with E-state index in [4.69, 9.17) is 0 Å². The summed E-state index contributed by atoms with van der Waals surface area (Å²) in [6.07, 6.45) is -0.0992. The van der Waals surface area contributed by atoms with Gasteiger partial charge in [-0.2, -0.15) is 0 Å². The molecule has 0 amide bonds. The lowest BCUT2D eigenvalue weighted by Gasteiger charge is -2.18. The van der Waals surface area contributed by atoms with Crippen molar-refractivity contribution < 1.29 is 9.50 Å². The summed E-state index contributed by atoms with van der Waals surface area (Å²) in [5, 5.41) is 10.0. The summed E-state index contributed by atoms with van der Waals surface area (Å²) < 4.78 is 13.5. The number of likely N-dealkylation sites (tertiary alicyclic amines) is 1. The molecule has 3 heteroatoms. The molecule has 1 aliphatic heterocycles. The molecule has 100 valence electrons. The largest absolute Gasteiger partial charge is 0.388 e. The lowest BCUT2D eigenvalue weighted by atomic mass is 10.0. The van der Waals surface area contributed by atoms with Crippen LogP contribution in [0, 0.1) is 17.7 Å². The second kappa shape index (κ2) is 5.81. The molecule has 2 rings (SSSR count). The molecule has 0 spiro atoms.